The van der Waals surface area contributed by atoms with Crippen LogP contribution >= 0.6 is 33.3 Å². The third-order valence-electron chi connectivity index (χ3n) is 22.2. The molecule has 0 spiro atoms. The second-order valence-corrected chi connectivity index (χ2v) is 37.2. The van der Waals surface area contributed by atoms with Crippen molar-refractivity contribution in [2.45, 2.75) is 232 Å². The van der Waals surface area contributed by atoms with E-state index in [0.29, 0.717) is 18.4 Å². The van der Waals surface area contributed by atoms with Crippen molar-refractivity contribution in [2.75, 3.05) is 76.2 Å². The number of phenols is 2. The van der Waals surface area contributed by atoms with Crippen molar-refractivity contribution in [2.24, 2.45) is 51.6 Å². The number of hydrogen-bond donors (Lipinski definition) is 35. The molecule has 0 saturated carbocycles. The van der Waals surface area contributed by atoms with Crippen molar-refractivity contribution in [3.63, 3.8) is 0 Å². The van der Waals surface area contributed by atoms with Crippen LogP contribution in [-0.2, 0) is 85.7 Å². The zero-order valence-corrected chi connectivity index (χ0v) is 81.1. The fourth-order valence-electron chi connectivity index (χ4n) is 14.7. The SMILES string of the molecule is N=C(N)NCCC[C@H](NC(=O)[C@@H]1CSSC[C@H](NC(=O)[C@H](CSCc2ccccc2)NC(=O)[C@H](CCCNC(=N)N)NC(=O)[C@@H](N)CCCNC(=N)N)C(=O)N[C@@H](Cc2ccc(O)cc2)C(=O)N[C@@H](CCCNC(=N)N)C(=O)N[C@@H](CCCCN)C(=O)N[C@H](CCCCN)C(=O)N2CCCC2C(=O)N[C@@H](Cc2ccc(O)cc2)C(=O)N[C@@H](CCCNC(=N)N)C(=O)N[C@@H](CCCNC(N)=O)C(=O)N1)C(=O)O. The lowest BCUT2D eigenvalue weighted by Gasteiger charge is -2.31. The lowest BCUT2D eigenvalue weighted by molar-refractivity contribution is -0.142. The molecule has 14 atom stereocenters. The van der Waals surface area contributed by atoms with E-state index in [2.05, 4.69) is 95.7 Å². The summed E-state index contributed by atoms with van der Waals surface area (Å²) in [6.07, 6.45) is -0.938. The number of nitrogens with two attached hydrogens (primary N) is 9. The number of aromatic hydroxyl groups is 2. The maximum atomic E-state index is 15.9. The molecule has 2 aliphatic rings. The molecule has 2 saturated heterocycles. The number of urea groups is 1. The number of carbonyl (C=O) groups excluding carboxylic acids is 14. The second kappa shape index (κ2) is 64.6. The standard InChI is InChI=1S/C87H141N33O18S3/c88-34-6-4-18-55-71(126)113-60(19-5-7-35-89)80(135)120-42-14-25-67(120)79(134)116-63(44-50-28-32-53(122)33-29-50)75(130)112-58(22-11-39-105-85(97)98)70(125)110-59(23-12-41-107-87(101)138)73(128)118-65(77(132)114-61(81(136)137)24-13-40-106-86(99)100)47-140-141-48-66(78(133)115-62(43-49-26-30-52(121)31-27-49)74(129)111-57(69(124)109-55)21-10-38-104-84(95)96)119-76(131)64(46-139-45-51-15-2-1-3-16-51)117-72(127)56(20-9-37-103-83(93)94)108-68(123)54(90)17-8-36-102-82(91)92/h1-3,15-16,26-33,54-67,121-122H,4-14,17-25,34-48,88-90H2,(H,108,123)(H,109,124)(H,110,125)(H,111,129)(H,112,130)(H,113,126)(H,114,132)(H,115,133)(H,116,134)(H,117,127)(H,118,128)(H,119,131)(H,136,137)(H4,91,92,102)(H4,93,94,103)(H4,95,96,104)(H4,97,98,105)(H4,99,100,106)(H3,101,107,138)/t54-,55-,56-,57-,58-,59-,60+,61-,62-,63-,64-,65-,66-,67?/m0/s1. The number of benzene rings is 3. The van der Waals surface area contributed by atoms with Crippen LogP contribution in [0.2, 0.25) is 0 Å². The van der Waals surface area contributed by atoms with Gasteiger partial charge in [-0.3, -0.25) is 89.4 Å². The Hall–Kier alpha value is -13.6. The summed E-state index contributed by atoms with van der Waals surface area (Å²) in [6, 6.07) is -3.72. The average molecular weight is 2030 g/mol. The van der Waals surface area contributed by atoms with E-state index >= 15 is 57.5 Å². The molecule has 15 amide bonds. The predicted molar refractivity (Wildman–Crippen MR) is 533 cm³/mol. The zero-order chi connectivity index (χ0) is 104. The van der Waals surface area contributed by atoms with Gasteiger partial charge in [0.05, 0.1) is 6.04 Å². The molecule has 3 aromatic carbocycles. The summed E-state index contributed by atoms with van der Waals surface area (Å²) in [5, 5.41) is 118. The molecule has 2 aliphatic heterocycles. The van der Waals surface area contributed by atoms with Crippen molar-refractivity contribution in [1.82, 2.24) is 101 Å². The van der Waals surface area contributed by atoms with Crippen LogP contribution in [-0.4, -0.2) is 300 Å². The number of carboxylic acids is 1. The Morgan fingerprint density at radius 2 is 0.823 bits per heavy atom. The lowest BCUT2D eigenvalue weighted by Crippen LogP contribution is -2.61. The van der Waals surface area contributed by atoms with Gasteiger partial charge in [0, 0.05) is 81.7 Å². The number of amides is 15. The van der Waals surface area contributed by atoms with E-state index in [4.69, 9.17) is 78.6 Å². The Morgan fingerprint density at radius 1 is 0.426 bits per heavy atom. The van der Waals surface area contributed by atoms with Crippen LogP contribution in [0.4, 0.5) is 4.79 Å². The van der Waals surface area contributed by atoms with Gasteiger partial charge in [-0.05, 0) is 182 Å². The number of phenolic OH excluding ortho intramolecular Hbond substituents is 2. The van der Waals surface area contributed by atoms with Gasteiger partial charge in [0.25, 0.3) is 0 Å². The smallest absolute Gasteiger partial charge is 0.326 e. The van der Waals surface area contributed by atoms with Gasteiger partial charge in [-0.2, -0.15) is 11.8 Å². The van der Waals surface area contributed by atoms with Crippen molar-refractivity contribution in [1.29, 1.82) is 27.0 Å². The Labute approximate surface area is 828 Å². The summed E-state index contributed by atoms with van der Waals surface area (Å²) in [4.78, 5) is 225. The van der Waals surface area contributed by atoms with Crippen molar-refractivity contribution >= 4 is 152 Å². The number of unbranched alkanes of at least 4 members (excludes halogenated alkanes) is 2. The fourth-order valence-corrected chi connectivity index (χ4v) is 18.1. The van der Waals surface area contributed by atoms with Gasteiger partial charge < -0.3 is 168 Å². The Kier molecular flexibility index (Phi) is 54.0. The first-order valence-electron chi connectivity index (χ1n) is 46.4. The number of nitrogens with one attached hydrogen (secondary N) is 23. The molecule has 0 radical (unpaired) electrons. The number of carbonyl (C=O) groups is 15. The first kappa shape index (κ1) is 118. The van der Waals surface area contributed by atoms with E-state index in [-0.39, 0.29) is 209 Å². The maximum Gasteiger partial charge on any atom is 0.326 e. The van der Waals surface area contributed by atoms with E-state index in [9.17, 15) is 29.7 Å². The highest BCUT2D eigenvalue weighted by Crippen LogP contribution is 2.27. The number of nitrogens with zero attached hydrogens (tertiary/aromatic N) is 1. The normalized spacial score (nSPS) is 20.3. The molecule has 780 valence electrons. The molecular weight excluding hydrogens is 1890 g/mol. The van der Waals surface area contributed by atoms with E-state index in [1.54, 1.807) is 30.3 Å². The zero-order valence-electron chi connectivity index (χ0n) is 78.7. The molecule has 44 N–H and O–H groups in total. The molecule has 3 aromatic rings. The minimum absolute atomic E-state index is 0.0140. The van der Waals surface area contributed by atoms with E-state index in [1.165, 1.54) is 53.4 Å². The second-order valence-electron chi connectivity index (χ2n) is 33.6. The largest absolute Gasteiger partial charge is 0.508 e. The minimum Gasteiger partial charge on any atom is -0.508 e. The molecule has 5 rings (SSSR count). The number of aliphatic carboxylic acids is 1. The van der Waals surface area contributed by atoms with Crippen LogP contribution in [0.25, 0.3) is 0 Å². The third-order valence-corrected chi connectivity index (χ3v) is 25.8. The van der Waals surface area contributed by atoms with Crippen molar-refractivity contribution in [3.8, 4) is 11.5 Å². The quantitative estimate of drug-likeness (QED) is 0.0108. The molecule has 141 heavy (non-hydrogen) atoms. The number of fused-ring (bicyclic) bond motifs is 1. The first-order chi connectivity index (χ1) is 67.2. The highest BCUT2D eigenvalue weighted by molar-refractivity contribution is 8.76. The summed E-state index contributed by atoms with van der Waals surface area (Å²) < 4.78 is 0. The summed E-state index contributed by atoms with van der Waals surface area (Å²) in [5.41, 5.74) is 53.0. The third kappa shape index (κ3) is 46.4. The van der Waals surface area contributed by atoms with Crippen LogP contribution in [0.3, 0.4) is 0 Å². The van der Waals surface area contributed by atoms with Gasteiger partial charge in [0.1, 0.15) is 90.0 Å². The number of hydrogen-bond acceptors (Lipinski definition) is 28. The number of primary amides is 1. The Morgan fingerprint density at radius 3 is 1.28 bits per heavy atom. The Bertz CT molecular complexity index is 4640. The molecule has 0 aromatic heterocycles. The number of carboxylic acid groups (broad SMARTS) is 1. The predicted octanol–water partition coefficient (Wildman–Crippen LogP) is -6.55. The topological polar surface area (TPSA) is 890 Å². The van der Waals surface area contributed by atoms with E-state index in [1.807, 2.05) is 0 Å². The number of thioether (sulfide) groups is 1. The van der Waals surface area contributed by atoms with Crippen LogP contribution < -0.4 is 147 Å². The van der Waals surface area contributed by atoms with Crippen LogP contribution in [0, 0.1) is 27.0 Å². The van der Waals surface area contributed by atoms with Crippen LogP contribution in [0.15, 0.2) is 78.9 Å². The van der Waals surface area contributed by atoms with Crippen molar-refractivity contribution in [3.05, 3.63) is 95.6 Å². The fraction of sp³-hybridized carbons (Fsp3) is 0.563. The summed E-state index contributed by atoms with van der Waals surface area (Å²) in [5.74, 6) is -18.3. The van der Waals surface area contributed by atoms with Crippen LogP contribution in [0.1, 0.15) is 145 Å². The van der Waals surface area contributed by atoms with E-state index < -0.39 is 222 Å². The molecule has 0 aliphatic carbocycles. The van der Waals surface area contributed by atoms with E-state index in [0.717, 1.165) is 38.9 Å². The monoisotopic (exact) mass is 2030 g/mol. The summed E-state index contributed by atoms with van der Waals surface area (Å²) in [7, 11) is 1.48. The lowest BCUT2D eigenvalue weighted by atomic mass is 10.0. The van der Waals surface area contributed by atoms with Gasteiger partial charge in [0.2, 0.25) is 76.8 Å². The molecule has 54 heteroatoms. The Balaban J connectivity index is 1.83. The van der Waals surface area contributed by atoms with Gasteiger partial charge in [-0.15, -0.1) is 0 Å². The number of rotatable bonds is 49. The summed E-state index contributed by atoms with van der Waals surface area (Å²) >= 11 is 1.15. The van der Waals surface area contributed by atoms with Crippen LogP contribution in [0.5, 0.6) is 11.5 Å². The molecule has 0 bridgehead atoms. The molecular formula is C87H141N33O18S3. The van der Waals surface area contributed by atoms with Gasteiger partial charge in [0.15, 0.2) is 29.8 Å². The first-order valence-corrected chi connectivity index (χ1v) is 50.1. The maximum absolute atomic E-state index is 15.9. The molecule has 1 unspecified atom stereocenters. The van der Waals surface area contributed by atoms with Gasteiger partial charge >= 0.3 is 12.0 Å². The molecule has 51 nitrogen and oxygen atoms in total. The average Bonchev–Trinajstić information content (AvgIpc) is 1.70. The molecule has 2 fully saturated rings. The minimum atomic E-state index is -1.88. The van der Waals surface area contributed by atoms with Gasteiger partial charge in [-0.25, -0.2) is 9.59 Å². The van der Waals surface area contributed by atoms with Gasteiger partial charge in [-0.1, -0.05) is 76.2 Å². The molecule has 2 heterocycles. The number of guanidine groups is 5. The highest BCUT2D eigenvalue weighted by Gasteiger charge is 2.42. The highest BCUT2D eigenvalue weighted by atomic mass is 33.1. The van der Waals surface area contributed by atoms with Crippen molar-refractivity contribution < 1.29 is 87.2 Å². The summed E-state index contributed by atoms with van der Waals surface area (Å²) in [6.45, 7) is -0.00763.